The van der Waals surface area contributed by atoms with Gasteiger partial charge in [-0.3, -0.25) is 4.68 Å². The van der Waals surface area contributed by atoms with Crippen LogP contribution >= 0.6 is 0 Å². The first kappa shape index (κ1) is 17.9. The molecule has 2 heterocycles. The van der Waals surface area contributed by atoms with Gasteiger partial charge in [-0.2, -0.15) is 5.10 Å². The van der Waals surface area contributed by atoms with Crippen LogP contribution in [-0.4, -0.2) is 37.0 Å². The normalized spacial score (nSPS) is 12.1. The number of alkyl carbamates (subject to hydrolysis) is 1. The van der Waals surface area contributed by atoms with Gasteiger partial charge >= 0.3 is 6.09 Å². The van der Waals surface area contributed by atoms with E-state index in [2.05, 4.69) is 20.4 Å². The lowest BCUT2D eigenvalue weighted by molar-refractivity contribution is 0.0462. The monoisotopic (exact) mass is 331 g/mol. The van der Waals surface area contributed by atoms with E-state index >= 15 is 0 Å². The van der Waals surface area contributed by atoms with Gasteiger partial charge in [0.15, 0.2) is 0 Å². The summed E-state index contributed by atoms with van der Waals surface area (Å²) in [5.41, 5.74) is 0.713. The van der Waals surface area contributed by atoms with Gasteiger partial charge in [0.25, 0.3) is 0 Å². The lowest BCUT2D eigenvalue weighted by atomic mass is 10.1. The largest absolute Gasteiger partial charge is 0.444 e. The Labute approximate surface area is 142 Å². The van der Waals surface area contributed by atoms with E-state index in [9.17, 15) is 4.79 Å². The molecule has 1 amide bonds. The molecular formula is C17H25N5O2. The molecule has 2 aromatic heterocycles. The second kappa shape index (κ2) is 6.59. The third kappa shape index (κ3) is 5.04. The van der Waals surface area contributed by atoms with Gasteiger partial charge in [0.1, 0.15) is 11.4 Å². The molecule has 0 bridgehead atoms. The minimum Gasteiger partial charge on any atom is -0.444 e. The third-order valence-corrected chi connectivity index (χ3v) is 3.18. The van der Waals surface area contributed by atoms with Crippen LogP contribution in [0.1, 0.15) is 40.4 Å². The summed E-state index contributed by atoms with van der Waals surface area (Å²) in [6, 6.07) is 1.90. The standard InChI is InChI=1S/C17H25N5O2/c1-12-18-9-13(10-19-12)14-7-8-20-22(14)11-17(5,6)21-15(23)24-16(2,3)4/h7-10H,11H2,1-6H3,(H,21,23). The number of hydrogen-bond acceptors (Lipinski definition) is 5. The first-order chi connectivity index (χ1) is 11.1. The molecule has 0 atom stereocenters. The highest BCUT2D eigenvalue weighted by atomic mass is 16.6. The first-order valence-corrected chi connectivity index (χ1v) is 7.88. The van der Waals surface area contributed by atoms with E-state index < -0.39 is 17.2 Å². The molecule has 2 rings (SSSR count). The predicted octanol–water partition coefficient (Wildman–Crippen LogP) is 2.95. The van der Waals surface area contributed by atoms with Gasteiger partial charge in [0.2, 0.25) is 0 Å². The summed E-state index contributed by atoms with van der Waals surface area (Å²) in [4.78, 5) is 20.5. The molecule has 0 aromatic carbocycles. The Kier molecular flexibility index (Phi) is 4.91. The Morgan fingerprint density at radius 1 is 1.21 bits per heavy atom. The van der Waals surface area contributed by atoms with Crippen molar-refractivity contribution in [2.24, 2.45) is 0 Å². The maximum atomic E-state index is 12.0. The van der Waals surface area contributed by atoms with Crippen molar-refractivity contribution in [3.05, 3.63) is 30.5 Å². The fourth-order valence-corrected chi connectivity index (χ4v) is 2.22. The van der Waals surface area contributed by atoms with E-state index in [0.29, 0.717) is 6.54 Å². The SMILES string of the molecule is Cc1ncc(-c2ccnn2CC(C)(C)NC(=O)OC(C)(C)C)cn1. The number of aromatic nitrogens is 4. The molecule has 24 heavy (non-hydrogen) atoms. The average molecular weight is 331 g/mol. The molecule has 0 unspecified atom stereocenters. The molecule has 0 radical (unpaired) electrons. The minimum absolute atomic E-state index is 0.445. The molecule has 2 aromatic rings. The second-order valence-electron chi connectivity index (χ2n) is 7.40. The number of nitrogens with one attached hydrogen (secondary N) is 1. The van der Waals surface area contributed by atoms with Crippen LogP contribution in [0.3, 0.4) is 0 Å². The second-order valence-corrected chi connectivity index (χ2v) is 7.40. The Hall–Kier alpha value is -2.44. The lowest BCUT2D eigenvalue weighted by Crippen LogP contribution is -2.48. The van der Waals surface area contributed by atoms with Gasteiger partial charge < -0.3 is 10.1 Å². The molecule has 0 fully saturated rings. The summed E-state index contributed by atoms with van der Waals surface area (Å²) in [5.74, 6) is 0.719. The maximum absolute atomic E-state index is 12.0. The Bertz CT molecular complexity index is 699. The Balaban J connectivity index is 2.12. The molecule has 0 aliphatic rings. The van der Waals surface area contributed by atoms with Crippen LogP contribution in [0.25, 0.3) is 11.3 Å². The minimum atomic E-state index is -0.533. The summed E-state index contributed by atoms with van der Waals surface area (Å²) in [6.45, 7) is 11.7. The van der Waals surface area contributed by atoms with Crippen molar-refractivity contribution in [3.63, 3.8) is 0 Å². The summed E-state index contributed by atoms with van der Waals surface area (Å²) >= 11 is 0. The van der Waals surface area contributed by atoms with Gasteiger partial charge in [0.05, 0.1) is 17.8 Å². The van der Waals surface area contributed by atoms with Crippen LogP contribution in [0, 0.1) is 6.92 Å². The van der Waals surface area contributed by atoms with Gasteiger partial charge in [-0.25, -0.2) is 14.8 Å². The third-order valence-electron chi connectivity index (χ3n) is 3.18. The summed E-state index contributed by atoms with van der Waals surface area (Å²) < 4.78 is 7.15. The quantitative estimate of drug-likeness (QED) is 0.931. The molecule has 0 saturated heterocycles. The molecule has 7 nitrogen and oxygen atoms in total. The predicted molar refractivity (Wildman–Crippen MR) is 91.4 cm³/mol. The zero-order valence-electron chi connectivity index (χ0n) is 15.1. The van der Waals surface area contributed by atoms with Gasteiger partial charge in [0, 0.05) is 24.2 Å². The van der Waals surface area contributed by atoms with E-state index in [0.717, 1.165) is 17.1 Å². The van der Waals surface area contributed by atoms with Crippen LogP contribution in [-0.2, 0) is 11.3 Å². The molecular weight excluding hydrogens is 306 g/mol. The highest BCUT2D eigenvalue weighted by Gasteiger charge is 2.26. The number of rotatable bonds is 4. The zero-order chi connectivity index (χ0) is 18.0. The topological polar surface area (TPSA) is 81.9 Å². The van der Waals surface area contributed by atoms with Gasteiger partial charge in [-0.1, -0.05) is 0 Å². The fraction of sp³-hybridized carbons (Fsp3) is 0.529. The van der Waals surface area contributed by atoms with Crippen LogP contribution in [0.5, 0.6) is 0 Å². The van der Waals surface area contributed by atoms with Crippen molar-refractivity contribution in [2.45, 2.75) is 59.2 Å². The van der Waals surface area contributed by atoms with E-state index in [1.807, 2.05) is 52.3 Å². The molecule has 1 N–H and O–H groups in total. The summed E-state index contributed by atoms with van der Waals surface area (Å²) in [7, 11) is 0. The van der Waals surface area contributed by atoms with Crippen molar-refractivity contribution in [3.8, 4) is 11.3 Å². The molecule has 0 spiro atoms. The van der Waals surface area contributed by atoms with E-state index in [4.69, 9.17) is 4.74 Å². The van der Waals surface area contributed by atoms with Crippen molar-refractivity contribution < 1.29 is 9.53 Å². The number of carbonyl (C=O) groups is 1. The van der Waals surface area contributed by atoms with E-state index in [-0.39, 0.29) is 0 Å². The Morgan fingerprint density at radius 2 is 1.83 bits per heavy atom. The molecule has 130 valence electrons. The van der Waals surface area contributed by atoms with Gasteiger partial charge in [-0.05, 0) is 47.6 Å². The van der Waals surface area contributed by atoms with Crippen molar-refractivity contribution in [2.75, 3.05) is 0 Å². The molecule has 0 aliphatic carbocycles. The molecule has 0 aliphatic heterocycles. The first-order valence-electron chi connectivity index (χ1n) is 7.88. The van der Waals surface area contributed by atoms with Crippen LogP contribution in [0.15, 0.2) is 24.7 Å². The number of ether oxygens (including phenoxy) is 1. The Morgan fingerprint density at radius 3 is 2.42 bits per heavy atom. The lowest BCUT2D eigenvalue weighted by Gasteiger charge is -2.29. The highest BCUT2D eigenvalue weighted by molar-refractivity contribution is 5.68. The van der Waals surface area contributed by atoms with Crippen molar-refractivity contribution in [1.29, 1.82) is 0 Å². The smallest absolute Gasteiger partial charge is 0.408 e. The molecule has 7 heteroatoms. The summed E-state index contributed by atoms with van der Waals surface area (Å²) in [5, 5.41) is 7.24. The van der Waals surface area contributed by atoms with Crippen LogP contribution in [0.2, 0.25) is 0 Å². The van der Waals surface area contributed by atoms with Crippen LogP contribution in [0.4, 0.5) is 4.79 Å². The average Bonchev–Trinajstić information content (AvgIpc) is 2.83. The number of aryl methyl sites for hydroxylation is 1. The van der Waals surface area contributed by atoms with Gasteiger partial charge in [-0.15, -0.1) is 0 Å². The van der Waals surface area contributed by atoms with E-state index in [1.54, 1.807) is 18.6 Å². The number of nitrogens with zero attached hydrogens (tertiary/aromatic N) is 4. The fourth-order valence-electron chi connectivity index (χ4n) is 2.22. The number of amides is 1. The van der Waals surface area contributed by atoms with Crippen molar-refractivity contribution >= 4 is 6.09 Å². The zero-order valence-corrected chi connectivity index (χ0v) is 15.1. The number of hydrogen-bond donors (Lipinski definition) is 1. The maximum Gasteiger partial charge on any atom is 0.408 e. The molecule has 0 saturated carbocycles. The number of carbonyl (C=O) groups excluding carboxylic acids is 1. The highest BCUT2D eigenvalue weighted by Crippen LogP contribution is 2.19. The van der Waals surface area contributed by atoms with E-state index in [1.165, 1.54) is 0 Å². The van der Waals surface area contributed by atoms with Crippen molar-refractivity contribution in [1.82, 2.24) is 25.1 Å². The van der Waals surface area contributed by atoms with Crippen LogP contribution < -0.4 is 5.32 Å². The summed E-state index contributed by atoms with van der Waals surface area (Å²) in [6.07, 6.45) is 4.81.